The molecule has 0 aromatic heterocycles. The summed E-state index contributed by atoms with van der Waals surface area (Å²) >= 11 is 3.49. The Morgan fingerprint density at radius 2 is 2.06 bits per heavy atom. The van der Waals surface area contributed by atoms with Crippen molar-refractivity contribution in [3.05, 3.63) is 29.3 Å². The van der Waals surface area contributed by atoms with Gasteiger partial charge in [-0.2, -0.15) is 0 Å². The maximum absolute atomic E-state index is 5.38. The third-order valence-electron chi connectivity index (χ3n) is 2.91. The lowest BCUT2D eigenvalue weighted by molar-refractivity contribution is 0.366. The van der Waals surface area contributed by atoms with Crippen LogP contribution in [0.1, 0.15) is 31.4 Å². The van der Waals surface area contributed by atoms with Gasteiger partial charge in [0.15, 0.2) is 0 Å². The summed E-state index contributed by atoms with van der Waals surface area (Å²) in [7, 11) is 1.72. The average molecular weight is 300 g/mol. The Morgan fingerprint density at radius 3 is 2.65 bits per heavy atom. The van der Waals surface area contributed by atoms with Gasteiger partial charge >= 0.3 is 0 Å². The van der Waals surface area contributed by atoms with E-state index in [-0.39, 0.29) is 5.54 Å². The lowest BCUT2D eigenvalue weighted by Gasteiger charge is -2.26. The van der Waals surface area contributed by atoms with Crippen LogP contribution in [0.5, 0.6) is 5.75 Å². The van der Waals surface area contributed by atoms with E-state index in [0.29, 0.717) is 0 Å². The van der Waals surface area contributed by atoms with Gasteiger partial charge in [-0.05, 0) is 33.3 Å². The minimum atomic E-state index is 0.137. The number of benzene rings is 1. The van der Waals surface area contributed by atoms with E-state index in [1.54, 1.807) is 7.11 Å². The molecule has 0 spiro atoms. The summed E-state index contributed by atoms with van der Waals surface area (Å²) in [4.78, 5) is 0. The van der Waals surface area contributed by atoms with Crippen molar-refractivity contribution in [2.75, 3.05) is 12.4 Å². The van der Waals surface area contributed by atoms with Crippen molar-refractivity contribution in [3.8, 4) is 5.75 Å². The summed E-state index contributed by atoms with van der Waals surface area (Å²) in [5.74, 6) is 0.956. The molecule has 2 nitrogen and oxygen atoms in total. The number of rotatable bonds is 6. The summed E-state index contributed by atoms with van der Waals surface area (Å²) in [6.07, 6.45) is 1.10. The fraction of sp³-hybridized carbons (Fsp3) is 0.571. The normalized spacial score (nSPS) is 11.6. The minimum Gasteiger partial charge on any atom is -0.496 e. The zero-order valence-electron chi connectivity index (χ0n) is 11.1. The molecule has 0 aliphatic heterocycles. The molecule has 1 rings (SSSR count). The van der Waals surface area contributed by atoms with Gasteiger partial charge in [0.2, 0.25) is 0 Å². The molecule has 0 bridgehead atoms. The fourth-order valence-corrected chi connectivity index (χ4v) is 2.70. The minimum absolute atomic E-state index is 0.137. The Morgan fingerprint density at radius 1 is 1.35 bits per heavy atom. The zero-order chi connectivity index (χ0) is 12.9. The van der Waals surface area contributed by atoms with Crippen LogP contribution in [-0.2, 0) is 6.54 Å². The monoisotopic (exact) mass is 299 g/mol. The van der Waals surface area contributed by atoms with Crippen LogP contribution in [0.25, 0.3) is 0 Å². The molecule has 0 saturated carbocycles. The third-order valence-corrected chi connectivity index (χ3v) is 3.31. The van der Waals surface area contributed by atoms with Crippen molar-refractivity contribution in [2.24, 2.45) is 0 Å². The van der Waals surface area contributed by atoms with Crippen molar-refractivity contribution < 1.29 is 4.74 Å². The Labute approximate surface area is 113 Å². The number of alkyl halides is 1. The number of hydrogen-bond donors (Lipinski definition) is 1. The predicted molar refractivity (Wildman–Crippen MR) is 77.1 cm³/mol. The molecule has 0 aliphatic rings. The first-order valence-electron chi connectivity index (χ1n) is 5.93. The van der Waals surface area contributed by atoms with Crippen LogP contribution < -0.4 is 10.1 Å². The van der Waals surface area contributed by atoms with E-state index in [4.69, 9.17) is 4.74 Å². The molecule has 1 aromatic carbocycles. The largest absolute Gasteiger partial charge is 0.496 e. The van der Waals surface area contributed by atoms with Crippen molar-refractivity contribution >= 4 is 15.9 Å². The second-order valence-corrected chi connectivity index (χ2v) is 5.78. The maximum atomic E-state index is 5.38. The topological polar surface area (TPSA) is 21.3 Å². The molecule has 17 heavy (non-hydrogen) atoms. The van der Waals surface area contributed by atoms with Gasteiger partial charge in [0, 0.05) is 23.0 Å². The van der Waals surface area contributed by atoms with Crippen LogP contribution in [0.2, 0.25) is 0 Å². The number of aryl methyl sites for hydroxylation is 1. The highest BCUT2D eigenvalue weighted by atomic mass is 79.9. The van der Waals surface area contributed by atoms with E-state index in [1.165, 1.54) is 11.1 Å². The summed E-state index contributed by atoms with van der Waals surface area (Å²) < 4.78 is 5.38. The van der Waals surface area contributed by atoms with Crippen molar-refractivity contribution in [1.82, 2.24) is 5.32 Å². The fourth-order valence-electron chi connectivity index (χ4n) is 1.70. The first-order valence-corrected chi connectivity index (χ1v) is 7.05. The van der Waals surface area contributed by atoms with Gasteiger partial charge in [-0.1, -0.05) is 33.6 Å². The molecule has 96 valence electrons. The highest BCUT2D eigenvalue weighted by Crippen LogP contribution is 2.21. The number of ether oxygens (including phenoxy) is 1. The standard InChI is InChI=1S/C14H22BrNO/c1-11-5-6-13(17-4)12(9-11)10-16-14(2,3)7-8-15/h5-6,9,16H,7-8,10H2,1-4H3. The number of hydrogen-bond acceptors (Lipinski definition) is 2. The molecule has 0 radical (unpaired) electrons. The maximum Gasteiger partial charge on any atom is 0.123 e. The first-order chi connectivity index (χ1) is 7.98. The van der Waals surface area contributed by atoms with Gasteiger partial charge in [0.25, 0.3) is 0 Å². The number of methoxy groups -OCH3 is 1. The first kappa shape index (κ1) is 14.5. The number of halogens is 1. The van der Waals surface area contributed by atoms with Crippen LogP contribution in [-0.4, -0.2) is 18.0 Å². The van der Waals surface area contributed by atoms with Crippen LogP contribution in [0.3, 0.4) is 0 Å². The van der Waals surface area contributed by atoms with Gasteiger partial charge in [-0.25, -0.2) is 0 Å². The molecule has 0 aliphatic carbocycles. The van der Waals surface area contributed by atoms with E-state index >= 15 is 0 Å². The number of nitrogens with one attached hydrogen (secondary N) is 1. The molecule has 0 atom stereocenters. The van der Waals surface area contributed by atoms with E-state index < -0.39 is 0 Å². The third kappa shape index (κ3) is 4.68. The lowest BCUT2D eigenvalue weighted by Crippen LogP contribution is -2.39. The van der Waals surface area contributed by atoms with E-state index in [9.17, 15) is 0 Å². The molecule has 3 heteroatoms. The molecule has 0 heterocycles. The van der Waals surface area contributed by atoms with Gasteiger partial charge in [-0.3, -0.25) is 0 Å². The summed E-state index contributed by atoms with van der Waals surface area (Å²) in [6.45, 7) is 7.38. The average Bonchev–Trinajstić information content (AvgIpc) is 2.27. The smallest absolute Gasteiger partial charge is 0.123 e. The second-order valence-electron chi connectivity index (χ2n) is 4.99. The Balaban J connectivity index is 2.71. The molecule has 0 fully saturated rings. The van der Waals surface area contributed by atoms with E-state index in [1.807, 2.05) is 6.07 Å². The Kier molecular flexibility index (Phi) is 5.47. The highest BCUT2D eigenvalue weighted by molar-refractivity contribution is 9.09. The highest BCUT2D eigenvalue weighted by Gasteiger charge is 2.16. The molecule has 1 N–H and O–H groups in total. The van der Waals surface area contributed by atoms with Crippen molar-refractivity contribution in [1.29, 1.82) is 0 Å². The zero-order valence-corrected chi connectivity index (χ0v) is 12.7. The van der Waals surface area contributed by atoms with Gasteiger partial charge in [0.1, 0.15) is 5.75 Å². The van der Waals surface area contributed by atoms with Gasteiger partial charge < -0.3 is 10.1 Å². The Hall–Kier alpha value is -0.540. The molecular formula is C14H22BrNO. The van der Waals surface area contributed by atoms with Crippen LogP contribution in [0.15, 0.2) is 18.2 Å². The molecule has 1 aromatic rings. The SMILES string of the molecule is COc1ccc(C)cc1CNC(C)(C)CCBr. The Bertz CT molecular complexity index is 363. The quantitative estimate of drug-likeness (QED) is 0.810. The van der Waals surface area contributed by atoms with Crippen LogP contribution >= 0.6 is 15.9 Å². The summed E-state index contributed by atoms with van der Waals surface area (Å²) in [5.41, 5.74) is 2.62. The molecular weight excluding hydrogens is 278 g/mol. The van der Waals surface area contributed by atoms with Crippen molar-refractivity contribution in [3.63, 3.8) is 0 Å². The summed E-state index contributed by atoms with van der Waals surface area (Å²) in [5, 5.41) is 4.58. The predicted octanol–water partition coefficient (Wildman–Crippen LogP) is 3.66. The lowest BCUT2D eigenvalue weighted by atomic mass is 10.0. The van der Waals surface area contributed by atoms with Gasteiger partial charge in [0.05, 0.1) is 7.11 Å². The van der Waals surface area contributed by atoms with Gasteiger partial charge in [-0.15, -0.1) is 0 Å². The van der Waals surface area contributed by atoms with E-state index in [0.717, 1.165) is 24.0 Å². The molecule has 0 unspecified atom stereocenters. The van der Waals surface area contributed by atoms with Crippen LogP contribution in [0, 0.1) is 6.92 Å². The van der Waals surface area contributed by atoms with Crippen molar-refractivity contribution in [2.45, 2.75) is 39.3 Å². The second kappa shape index (κ2) is 6.41. The molecule has 0 amide bonds. The summed E-state index contributed by atoms with van der Waals surface area (Å²) in [6, 6.07) is 6.28. The van der Waals surface area contributed by atoms with E-state index in [2.05, 4.69) is 54.2 Å². The van der Waals surface area contributed by atoms with Crippen LogP contribution in [0.4, 0.5) is 0 Å². The molecule has 0 saturated heterocycles.